The monoisotopic (exact) mass is 692 g/mol. The fraction of sp³-hybridized carbons (Fsp3) is 0.405. The molecule has 10 nitrogen and oxygen atoms in total. The minimum absolute atomic E-state index is 0.332. The normalized spacial score (nSPS) is 21.4. The first-order chi connectivity index (χ1) is 23.2. The highest BCUT2D eigenvalue weighted by molar-refractivity contribution is 6.74. The number of methoxy groups -OCH3 is 2. The molecule has 1 aromatic heterocycles. The molecule has 0 aliphatic carbocycles. The van der Waals surface area contributed by atoms with Crippen LogP contribution >= 0.6 is 0 Å². The lowest BCUT2D eigenvalue weighted by atomic mass is 9.79. The number of alkyl halides is 1. The molecule has 0 saturated carbocycles. The Morgan fingerprint density at radius 2 is 1.41 bits per heavy atom. The van der Waals surface area contributed by atoms with Crippen LogP contribution in [0.4, 0.5) is 4.39 Å². The number of ether oxygens (including phenoxy) is 4. The van der Waals surface area contributed by atoms with E-state index in [-0.39, 0.29) is 11.6 Å². The van der Waals surface area contributed by atoms with Crippen molar-refractivity contribution in [1.82, 2.24) is 9.55 Å². The van der Waals surface area contributed by atoms with E-state index in [0.29, 0.717) is 11.5 Å². The first kappa shape index (κ1) is 36.2. The second-order valence-corrected chi connectivity index (χ2v) is 18.5. The molecule has 1 fully saturated rings. The molecule has 0 radical (unpaired) electrons. The number of nitrogens with zero attached hydrogens (tertiary/aromatic N) is 1. The van der Waals surface area contributed by atoms with E-state index in [0.717, 1.165) is 27.3 Å². The summed E-state index contributed by atoms with van der Waals surface area (Å²) in [6.07, 6.45) is -3.61. The molecule has 1 saturated heterocycles. The highest BCUT2D eigenvalue weighted by atomic mass is 28.4. The molecule has 1 aliphatic rings. The summed E-state index contributed by atoms with van der Waals surface area (Å²) >= 11 is 0. The second-order valence-electron chi connectivity index (χ2n) is 13.8. The maximum Gasteiger partial charge on any atom is 0.330 e. The minimum Gasteiger partial charge on any atom is -0.497 e. The average molecular weight is 693 g/mol. The number of halogens is 1. The molecule has 0 bridgehead atoms. The zero-order valence-electron chi connectivity index (χ0n) is 28.9. The summed E-state index contributed by atoms with van der Waals surface area (Å²) in [5.74, 6) is 1.28. The Labute approximate surface area is 286 Å². The smallest absolute Gasteiger partial charge is 0.330 e. The maximum atomic E-state index is 16.9. The van der Waals surface area contributed by atoms with Gasteiger partial charge in [0.25, 0.3) is 5.56 Å². The van der Waals surface area contributed by atoms with Gasteiger partial charge in [0, 0.05) is 12.3 Å². The molecule has 2 heterocycles. The molecule has 1 aliphatic heterocycles. The van der Waals surface area contributed by atoms with Crippen molar-refractivity contribution in [3.63, 3.8) is 0 Å². The van der Waals surface area contributed by atoms with E-state index in [9.17, 15) is 14.7 Å². The number of rotatable bonds is 12. The molecule has 4 atom stereocenters. The molecule has 49 heavy (non-hydrogen) atoms. The van der Waals surface area contributed by atoms with Crippen LogP contribution in [0, 0.1) is 0 Å². The molecule has 2 N–H and O–H groups in total. The van der Waals surface area contributed by atoms with Crippen LogP contribution in [0.2, 0.25) is 18.1 Å². The number of hydrogen-bond acceptors (Lipinski definition) is 8. The van der Waals surface area contributed by atoms with Gasteiger partial charge in [-0.1, -0.05) is 75.4 Å². The van der Waals surface area contributed by atoms with Crippen LogP contribution in [-0.4, -0.2) is 68.3 Å². The van der Waals surface area contributed by atoms with Crippen molar-refractivity contribution in [1.29, 1.82) is 0 Å². The summed E-state index contributed by atoms with van der Waals surface area (Å²) < 4.78 is 49.0. The summed E-state index contributed by atoms with van der Waals surface area (Å²) in [6, 6.07) is 25.5. The van der Waals surface area contributed by atoms with E-state index in [1.165, 1.54) is 6.20 Å². The summed E-state index contributed by atoms with van der Waals surface area (Å²) in [4.78, 5) is 27.0. The van der Waals surface area contributed by atoms with Crippen molar-refractivity contribution >= 4 is 8.32 Å². The van der Waals surface area contributed by atoms with Gasteiger partial charge in [0.05, 0.1) is 27.4 Å². The Bertz CT molecular complexity index is 1780. The minimum atomic E-state index is -2.72. The van der Waals surface area contributed by atoms with Crippen LogP contribution in [0.25, 0.3) is 0 Å². The van der Waals surface area contributed by atoms with Gasteiger partial charge in [0.15, 0.2) is 20.7 Å². The van der Waals surface area contributed by atoms with Crippen molar-refractivity contribution in [2.75, 3.05) is 27.4 Å². The quantitative estimate of drug-likeness (QED) is 0.147. The fourth-order valence-corrected chi connectivity index (χ4v) is 7.24. The van der Waals surface area contributed by atoms with E-state index >= 15 is 4.39 Å². The summed E-state index contributed by atoms with van der Waals surface area (Å²) in [6.45, 7) is 8.98. The van der Waals surface area contributed by atoms with Gasteiger partial charge in [-0.25, -0.2) is 9.18 Å². The molecular weight excluding hydrogens is 647 g/mol. The SMILES string of the molecule is COc1ccc(C(OC[C@]2(CO)O[C@@H](n3ccc(=O)[nH]c3=O)[C@H](F)[C@@H]2O[Si](C)(C)C(C)(C)C)(c2ccccc2)c2ccc(OC)cc2)cc1. The van der Waals surface area contributed by atoms with Crippen LogP contribution in [0.3, 0.4) is 0 Å². The highest BCUT2D eigenvalue weighted by Gasteiger charge is 2.60. The number of aliphatic hydroxyl groups is 1. The Hall–Kier alpha value is -4.07. The Kier molecular flexibility index (Phi) is 10.4. The average Bonchev–Trinajstić information content (AvgIpc) is 3.35. The molecule has 5 rings (SSSR count). The second kappa shape index (κ2) is 14.0. The largest absolute Gasteiger partial charge is 0.497 e. The third-order valence-corrected chi connectivity index (χ3v) is 14.2. The number of benzene rings is 3. The summed E-state index contributed by atoms with van der Waals surface area (Å²) in [5.41, 5.74) is -2.38. The molecule has 0 unspecified atom stereocenters. The molecule has 3 aromatic carbocycles. The predicted molar refractivity (Wildman–Crippen MR) is 186 cm³/mol. The fourth-order valence-electron chi connectivity index (χ4n) is 5.91. The van der Waals surface area contributed by atoms with Gasteiger partial charge in [-0.2, -0.15) is 0 Å². The number of aliphatic hydroxyl groups excluding tert-OH is 1. The van der Waals surface area contributed by atoms with E-state index in [2.05, 4.69) is 4.98 Å². The van der Waals surface area contributed by atoms with Crippen LogP contribution < -0.4 is 20.7 Å². The Morgan fingerprint density at radius 1 is 0.878 bits per heavy atom. The van der Waals surface area contributed by atoms with Crippen LogP contribution in [0.15, 0.2) is 101 Å². The van der Waals surface area contributed by atoms with Crippen LogP contribution in [0.5, 0.6) is 11.5 Å². The van der Waals surface area contributed by atoms with Gasteiger partial charge in [-0.15, -0.1) is 0 Å². The van der Waals surface area contributed by atoms with E-state index < -0.39 is 55.9 Å². The molecule has 4 aromatic rings. The number of H-pyrrole nitrogens is 1. The lowest BCUT2D eigenvalue weighted by molar-refractivity contribution is -0.176. The third kappa shape index (κ3) is 6.88. The summed E-state index contributed by atoms with van der Waals surface area (Å²) in [7, 11) is 0.453. The maximum absolute atomic E-state index is 16.9. The zero-order chi connectivity index (χ0) is 35.6. The molecular formula is C37H45FN2O8Si. The lowest BCUT2D eigenvalue weighted by Crippen LogP contribution is -2.57. The highest BCUT2D eigenvalue weighted by Crippen LogP contribution is 2.48. The van der Waals surface area contributed by atoms with Gasteiger partial charge in [-0.3, -0.25) is 14.3 Å². The first-order valence-electron chi connectivity index (χ1n) is 16.1. The number of nitrogens with one attached hydrogen (secondary N) is 1. The van der Waals surface area contributed by atoms with Gasteiger partial charge >= 0.3 is 5.69 Å². The molecule has 12 heteroatoms. The van der Waals surface area contributed by atoms with Crippen molar-refractivity contribution in [3.05, 3.63) is 129 Å². The number of aromatic nitrogens is 2. The van der Waals surface area contributed by atoms with Crippen molar-refractivity contribution < 1.29 is 32.9 Å². The number of hydrogen-bond donors (Lipinski definition) is 2. The Morgan fingerprint density at radius 3 is 1.88 bits per heavy atom. The predicted octanol–water partition coefficient (Wildman–Crippen LogP) is 5.55. The summed E-state index contributed by atoms with van der Waals surface area (Å²) in [5, 5.41) is 10.9. The molecule has 0 spiro atoms. The van der Waals surface area contributed by atoms with Crippen molar-refractivity contribution in [2.45, 2.75) is 68.6 Å². The molecule has 0 amide bonds. The topological polar surface area (TPSA) is 121 Å². The third-order valence-electron chi connectivity index (χ3n) is 9.76. The number of aromatic amines is 1. The molecule has 262 valence electrons. The van der Waals surface area contributed by atoms with Crippen LogP contribution in [0.1, 0.15) is 43.7 Å². The van der Waals surface area contributed by atoms with E-state index in [1.807, 2.05) is 113 Å². The van der Waals surface area contributed by atoms with Gasteiger partial charge in [-0.05, 0) is 59.1 Å². The van der Waals surface area contributed by atoms with Gasteiger partial charge < -0.3 is 28.5 Å². The van der Waals surface area contributed by atoms with Gasteiger partial charge in [0.1, 0.15) is 28.8 Å². The van der Waals surface area contributed by atoms with Crippen molar-refractivity contribution in [3.8, 4) is 11.5 Å². The van der Waals surface area contributed by atoms with E-state index in [4.69, 9.17) is 23.4 Å². The van der Waals surface area contributed by atoms with Gasteiger partial charge in [0.2, 0.25) is 0 Å². The van der Waals surface area contributed by atoms with E-state index in [1.54, 1.807) is 14.2 Å². The first-order valence-corrected chi connectivity index (χ1v) is 19.0. The lowest BCUT2D eigenvalue weighted by Gasteiger charge is -2.44. The zero-order valence-corrected chi connectivity index (χ0v) is 29.9. The standard InChI is InChI=1S/C37H45FN2O8Si/c1-35(2,3)49(6,7)48-32-31(38)33(40-22-21-30(42)39-34(40)43)47-36(32,23-41)24-46-37(25-11-9-8-10-12-25,26-13-17-28(44-4)18-14-26)27-15-19-29(45-5)20-16-27/h8-22,31-33,41H,23-24H2,1-7H3,(H,39,42,43)/t31-,32+,33-,36+/m1/s1. The van der Waals surface area contributed by atoms with Crippen molar-refractivity contribution in [2.24, 2.45) is 0 Å². The van der Waals surface area contributed by atoms with Crippen LogP contribution in [-0.2, 0) is 19.5 Å². The Balaban J connectivity index is 1.69.